The van der Waals surface area contributed by atoms with E-state index >= 15 is 4.79 Å². The van der Waals surface area contributed by atoms with Crippen LogP contribution in [0.15, 0.2) is 60.7 Å². The van der Waals surface area contributed by atoms with Crippen molar-refractivity contribution in [3.05, 3.63) is 77.4 Å². The van der Waals surface area contributed by atoms with Crippen LogP contribution in [0, 0.1) is 11.3 Å². The van der Waals surface area contributed by atoms with E-state index in [2.05, 4.69) is 10.6 Å². The number of unbranched alkanes of at least 4 members (excludes halogenated alkanes) is 1. The zero-order valence-corrected chi connectivity index (χ0v) is 39.7. The van der Waals surface area contributed by atoms with E-state index in [9.17, 15) is 27.6 Å². The molecular formula is C49H66F3N3O11. The van der Waals surface area contributed by atoms with E-state index in [1.165, 1.54) is 26.4 Å². The number of amides is 3. The minimum atomic E-state index is -4.81. The molecule has 0 bridgehead atoms. The summed E-state index contributed by atoms with van der Waals surface area (Å²) < 4.78 is 82.5. The molecule has 66 heavy (non-hydrogen) atoms. The van der Waals surface area contributed by atoms with E-state index in [-0.39, 0.29) is 67.5 Å². The molecule has 0 saturated heterocycles. The number of alkyl carbamates (subject to hydrolysis) is 1. The third kappa shape index (κ3) is 14.5. The second kappa shape index (κ2) is 24.3. The molecule has 14 nitrogen and oxygen atoms in total. The summed E-state index contributed by atoms with van der Waals surface area (Å²) in [5, 5.41) is 5.48. The summed E-state index contributed by atoms with van der Waals surface area (Å²) in [6, 6.07) is 14.3. The van der Waals surface area contributed by atoms with Crippen molar-refractivity contribution >= 4 is 23.9 Å². The first-order chi connectivity index (χ1) is 31.3. The maximum atomic E-state index is 15.1. The van der Waals surface area contributed by atoms with Crippen molar-refractivity contribution in [2.75, 3.05) is 48.3 Å². The molecule has 1 aliphatic carbocycles. The number of fused-ring (bicyclic) bond motifs is 3. The summed E-state index contributed by atoms with van der Waals surface area (Å²) in [6.07, 6.45) is -7.53. The van der Waals surface area contributed by atoms with E-state index in [1.54, 1.807) is 41.5 Å². The van der Waals surface area contributed by atoms with Gasteiger partial charge in [-0.25, -0.2) is 4.79 Å². The monoisotopic (exact) mass is 929 g/mol. The lowest BCUT2D eigenvalue weighted by molar-refractivity contribution is -0.201. The molecule has 0 saturated carbocycles. The van der Waals surface area contributed by atoms with Gasteiger partial charge in [-0.2, -0.15) is 13.2 Å². The largest absolute Gasteiger partial charge is 0.496 e. The molecular weight excluding hydrogens is 864 g/mol. The highest BCUT2D eigenvalue weighted by molar-refractivity contribution is 5.92. The van der Waals surface area contributed by atoms with Crippen LogP contribution in [0.1, 0.15) is 96.3 Å². The zero-order chi connectivity index (χ0) is 48.8. The van der Waals surface area contributed by atoms with Crippen LogP contribution in [0.2, 0.25) is 0 Å². The molecule has 1 aliphatic rings. The topological polar surface area (TPSA) is 160 Å². The number of nitrogens with zero attached hydrogens (tertiary/aromatic N) is 1. The van der Waals surface area contributed by atoms with Crippen LogP contribution in [0.25, 0.3) is 11.1 Å². The average Bonchev–Trinajstić information content (AvgIpc) is 3.58. The summed E-state index contributed by atoms with van der Waals surface area (Å²) in [6.45, 7) is 10.5. The highest BCUT2D eigenvalue weighted by Gasteiger charge is 2.44. The highest BCUT2D eigenvalue weighted by Crippen LogP contribution is 2.44. The molecule has 4 rings (SSSR count). The van der Waals surface area contributed by atoms with Gasteiger partial charge in [-0.15, -0.1) is 0 Å². The Kier molecular flexibility index (Phi) is 19.5. The van der Waals surface area contributed by atoms with Gasteiger partial charge in [0.2, 0.25) is 11.8 Å². The van der Waals surface area contributed by atoms with Crippen molar-refractivity contribution < 1.29 is 65.5 Å². The average molecular weight is 930 g/mol. The number of benzene rings is 3. The van der Waals surface area contributed by atoms with Crippen LogP contribution < -0.4 is 24.8 Å². The van der Waals surface area contributed by atoms with Crippen molar-refractivity contribution in [3.63, 3.8) is 0 Å². The van der Waals surface area contributed by atoms with Crippen molar-refractivity contribution in [3.8, 4) is 28.4 Å². The molecule has 0 heterocycles. The minimum absolute atomic E-state index is 0.00344. The van der Waals surface area contributed by atoms with Crippen LogP contribution in [0.5, 0.6) is 17.2 Å². The number of ether oxygens (including phenoxy) is 7. The van der Waals surface area contributed by atoms with Crippen LogP contribution in [-0.2, 0) is 39.9 Å². The minimum Gasteiger partial charge on any atom is -0.496 e. The summed E-state index contributed by atoms with van der Waals surface area (Å²) in [4.78, 5) is 55.7. The Morgan fingerprint density at radius 3 is 1.88 bits per heavy atom. The Hall–Kier alpha value is -5.55. The van der Waals surface area contributed by atoms with Gasteiger partial charge in [0, 0.05) is 38.7 Å². The van der Waals surface area contributed by atoms with Gasteiger partial charge in [0.05, 0.1) is 52.0 Å². The predicted molar refractivity (Wildman–Crippen MR) is 241 cm³/mol. The molecule has 0 radical (unpaired) electrons. The van der Waals surface area contributed by atoms with Crippen molar-refractivity contribution in [1.29, 1.82) is 0 Å². The van der Waals surface area contributed by atoms with E-state index in [0.717, 1.165) is 41.4 Å². The molecule has 1 unspecified atom stereocenters. The lowest BCUT2D eigenvalue weighted by Crippen LogP contribution is -2.60. The Morgan fingerprint density at radius 1 is 0.803 bits per heavy atom. The van der Waals surface area contributed by atoms with E-state index in [4.69, 9.17) is 33.2 Å². The fourth-order valence-electron chi connectivity index (χ4n) is 8.10. The number of carbonyl (C=O) groups is 4. The maximum absolute atomic E-state index is 15.1. The number of esters is 1. The summed E-state index contributed by atoms with van der Waals surface area (Å²) in [5.74, 6) is -1.86. The highest BCUT2D eigenvalue weighted by atomic mass is 19.4. The first-order valence-electron chi connectivity index (χ1n) is 22.1. The quantitative estimate of drug-likeness (QED) is 0.0503. The normalized spacial score (nSPS) is 13.9. The fraction of sp³-hybridized carbons (Fsp3) is 0.551. The third-order valence-electron chi connectivity index (χ3n) is 11.2. The second-order valence-corrected chi connectivity index (χ2v) is 17.6. The van der Waals surface area contributed by atoms with Crippen molar-refractivity contribution in [2.24, 2.45) is 11.3 Å². The van der Waals surface area contributed by atoms with Crippen molar-refractivity contribution in [2.45, 2.75) is 117 Å². The number of nitrogens with one attached hydrogen (secondary N) is 2. The molecule has 3 aromatic rings. The number of halogens is 3. The molecule has 3 aromatic carbocycles. The molecule has 364 valence electrons. The second-order valence-electron chi connectivity index (χ2n) is 17.6. The zero-order valence-electron chi connectivity index (χ0n) is 39.7. The van der Waals surface area contributed by atoms with Gasteiger partial charge in [-0.05, 0) is 59.8 Å². The van der Waals surface area contributed by atoms with Gasteiger partial charge in [-0.1, -0.05) is 83.1 Å². The maximum Gasteiger partial charge on any atom is 0.407 e. The van der Waals surface area contributed by atoms with Crippen LogP contribution in [0.4, 0.5) is 18.0 Å². The number of alkyl halides is 3. The van der Waals surface area contributed by atoms with Gasteiger partial charge in [0.1, 0.15) is 35.9 Å². The fourth-order valence-corrected chi connectivity index (χ4v) is 8.10. The first-order valence-corrected chi connectivity index (χ1v) is 22.1. The third-order valence-corrected chi connectivity index (χ3v) is 11.2. The molecule has 0 aliphatic heterocycles. The van der Waals surface area contributed by atoms with Gasteiger partial charge >= 0.3 is 18.2 Å². The number of methoxy groups -OCH3 is 4. The van der Waals surface area contributed by atoms with E-state index in [1.807, 2.05) is 48.5 Å². The molecule has 3 amide bonds. The Bertz CT molecular complexity index is 2020. The van der Waals surface area contributed by atoms with Crippen LogP contribution in [-0.4, -0.2) is 108 Å². The molecule has 17 heteroatoms. The SMILES string of the molecule is CCOC(=O)CCCCOc1cc(OC)c(CN(C(=O)[C@H](CC(C)C)NC(=O)[C@@H](NC(=O)OCC2c3ccccc3-c3ccccc32)C(C)(C)C)C(CC(F)(F)F)C(OC)OC)c(OC)c1. The lowest BCUT2D eigenvalue weighted by atomic mass is 9.86. The molecule has 0 aromatic heterocycles. The number of rotatable bonds is 24. The molecule has 0 spiro atoms. The summed E-state index contributed by atoms with van der Waals surface area (Å²) in [5.41, 5.74) is 3.36. The standard InChI is InChI=1S/C49H66F3N3O11/c1-11-64-42(56)22-16-17-23-65-31-25-40(60-7)36(41(26-31)61-8)28-55(39(27-49(50,51)52)46(62-9)63-10)45(58)38(24-30(2)3)53-44(57)43(48(4,5)6)54-47(59)66-29-37-34-20-14-12-18-32(34)33-19-13-15-21-35(33)37/h12-15,18-21,25-26,30,37-39,43,46H,11,16-17,22-24,27-29H2,1-10H3,(H,53,57)(H,54,59)/t38-,39?,43+/m0/s1. The molecule has 0 fully saturated rings. The van der Waals surface area contributed by atoms with E-state index < -0.39 is 66.9 Å². The smallest absolute Gasteiger partial charge is 0.407 e. The molecule has 3 atom stereocenters. The predicted octanol–water partition coefficient (Wildman–Crippen LogP) is 8.57. The van der Waals surface area contributed by atoms with Gasteiger partial charge in [-0.3, -0.25) is 14.4 Å². The van der Waals surface area contributed by atoms with Crippen LogP contribution in [0.3, 0.4) is 0 Å². The number of hydrogen-bond donors (Lipinski definition) is 2. The Labute approximate surface area is 386 Å². The van der Waals surface area contributed by atoms with Gasteiger partial charge in [0.15, 0.2) is 6.29 Å². The van der Waals surface area contributed by atoms with Gasteiger partial charge < -0.3 is 48.7 Å². The first kappa shape index (κ1) is 53.1. The number of carbonyl (C=O) groups excluding carboxylic acids is 4. The van der Waals surface area contributed by atoms with Crippen LogP contribution >= 0.6 is 0 Å². The Morgan fingerprint density at radius 2 is 1.38 bits per heavy atom. The van der Waals surface area contributed by atoms with Crippen molar-refractivity contribution in [1.82, 2.24) is 15.5 Å². The summed E-state index contributed by atoms with van der Waals surface area (Å²) in [7, 11) is 5.03. The lowest BCUT2D eigenvalue weighted by Gasteiger charge is -2.39. The Balaban J connectivity index is 1.64. The van der Waals surface area contributed by atoms with E-state index in [0.29, 0.717) is 18.6 Å². The number of hydrogen-bond acceptors (Lipinski definition) is 11. The van der Waals surface area contributed by atoms with Gasteiger partial charge in [0.25, 0.3) is 0 Å². The molecule has 2 N–H and O–H groups in total. The summed E-state index contributed by atoms with van der Waals surface area (Å²) >= 11 is 0.